The van der Waals surface area contributed by atoms with Gasteiger partial charge in [0, 0.05) is 12.1 Å². The lowest BCUT2D eigenvalue weighted by Crippen LogP contribution is -2.42. The standard InChI is InChI=1S/C16H14N2O3S/c19-16(11-3-4-12-15(8-11)22-10-17-12)18-5-7-21-14(9-18)13-2-1-6-20-13/h1-4,6,8,10,14H,5,7,9H2/t14-/m1/s1. The van der Waals surface area contributed by atoms with Gasteiger partial charge in [-0.2, -0.15) is 0 Å². The summed E-state index contributed by atoms with van der Waals surface area (Å²) in [6.45, 7) is 1.61. The number of ether oxygens (including phenoxy) is 1. The van der Waals surface area contributed by atoms with Crippen LogP contribution in [-0.4, -0.2) is 35.5 Å². The van der Waals surface area contributed by atoms with Gasteiger partial charge in [0.05, 0.1) is 35.1 Å². The van der Waals surface area contributed by atoms with E-state index in [1.165, 1.54) is 0 Å². The number of amides is 1. The smallest absolute Gasteiger partial charge is 0.254 e. The Morgan fingerprint density at radius 1 is 1.36 bits per heavy atom. The molecule has 0 radical (unpaired) electrons. The number of furan rings is 1. The van der Waals surface area contributed by atoms with Crippen LogP contribution in [0.4, 0.5) is 0 Å². The average molecular weight is 314 g/mol. The average Bonchev–Trinajstić information content (AvgIpc) is 3.25. The third-order valence-corrected chi connectivity index (χ3v) is 4.58. The predicted octanol–water partition coefficient (Wildman–Crippen LogP) is 3.10. The summed E-state index contributed by atoms with van der Waals surface area (Å²) in [4.78, 5) is 18.8. The quantitative estimate of drug-likeness (QED) is 0.729. The van der Waals surface area contributed by atoms with Gasteiger partial charge in [0.15, 0.2) is 0 Å². The first-order chi connectivity index (χ1) is 10.8. The number of carbonyl (C=O) groups excluding carboxylic acids is 1. The second-order valence-corrected chi connectivity index (χ2v) is 6.05. The Morgan fingerprint density at radius 2 is 2.32 bits per heavy atom. The Hall–Kier alpha value is -2.18. The number of thiazole rings is 1. The van der Waals surface area contributed by atoms with Crippen molar-refractivity contribution < 1.29 is 13.9 Å². The molecule has 0 N–H and O–H groups in total. The van der Waals surface area contributed by atoms with Crippen molar-refractivity contribution in [2.45, 2.75) is 6.10 Å². The minimum absolute atomic E-state index is 0.0233. The van der Waals surface area contributed by atoms with Gasteiger partial charge in [-0.3, -0.25) is 4.79 Å². The lowest BCUT2D eigenvalue weighted by Gasteiger charge is -2.32. The Labute approximate surface area is 131 Å². The van der Waals surface area contributed by atoms with Gasteiger partial charge >= 0.3 is 0 Å². The molecule has 0 saturated carbocycles. The predicted molar refractivity (Wildman–Crippen MR) is 82.9 cm³/mol. The summed E-state index contributed by atoms with van der Waals surface area (Å²) < 4.78 is 12.1. The van der Waals surface area contributed by atoms with Gasteiger partial charge in [0.1, 0.15) is 11.9 Å². The normalized spacial score (nSPS) is 18.7. The van der Waals surface area contributed by atoms with E-state index >= 15 is 0 Å². The van der Waals surface area contributed by atoms with Crippen molar-refractivity contribution in [3.05, 3.63) is 53.4 Å². The molecule has 0 spiro atoms. The number of carbonyl (C=O) groups is 1. The van der Waals surface area contributed by atoms with Crippen LogP contribution in [0.2, 0.25) is 0 Å². The molecule has 3 aromatic rings. The van der Waals surface area contributed by atoms with Gasteiger partial charge < -0.3 is 14.1 Å². The SMILES string of the molecule is O=C(c1ccc2ncsc2c1)N1CCO[C@@H](c2ccco2)C1. The fraction of sp³-hybridized carbons (Fsp3) is 0.250. The molecule has 3 heterocycles. The zero-order valence-corrected chi connectivity index (χ0v) is 12.6. The summed E-state index contributed by atoms with van der Waals surface area (Å²) >= 11 is 1.54. The maximum Gasteiger partial charge on any atom is 0.254 e. The number of nitrogens with zero attached hydrogens (tertiary/aromatic N) is 2. The highest BCUT2D eigenvalue weighted by Crippen LogP contribution is 2.25. The third kappa shape index (κ3) is 2.40. The van der Waals surface area contributed by atoms with Crippen LogP contribution in [0.5, 0.6) is 0 Å². The number of hydrogen-bond donors (Lipinski definition) is 0. The fourth-order valence-corrected chi connectivity index (χ4v) is 3.37. The molecule has 6 heteroatoms. The first-order valence-corrected chi connectivity index (χ1v) is 7.97. The number of aromatic nitrogens is 1. The summed E-state index contributed by atoms with van der Waals surface area (Å²) in [5.74, 6) is 0.783. The number of fused-ring (bicyclic) bond motifs is 1. The molecule has 1 amide bonds. The van der Waals surface area contributed by atoms with Crippen molar-refractivity contribution in [1.82, 2.24) is 9.88 Å². The van der Waals surface area contributed by atoms with E-state index in [2.05, 4.69) is 4.98 Å². The number of hydrogen-bond acceptors (Lipinski definition) is 5. The Bertz CT molecular complexity index is 797. The zero-order chi connectivity index (χ0) is 14.9. The molecule has 4 rings (SSSR count). The first-order valence-electron chi connectivity index (χ1n) is 7.09. The molecule has 0 aliphatic carbocycles. The molecular weight excluding hydrogens is 300 g/mol. The highest BCUT2D eigenvalue weighted by atomic mass is 32.1. The van der Waals surface area contributed by atoms with Crippen LogP contribution in [-0.2, 0) is 4.74 Å². The Morgan fingerprint density at radius 3 is 3.18 bits per heavy atom. The molecule has 0 unspecified atom stereocenters. The van der Waals surface area contributed by atoms with Crippen molar-refractivity contribution in [3.63, 3.8) is 0 Å². The molecule has 112 valence electrons. The maximum atomic E-state index is 12.7. The van der Waals surface area contributed by atoms with Crippen molar-refractivity contribution >= 4 is 27.5 Å². The Kier molecular flexibility index (Phi) is 3.40. The summed E-state index contributed by atoms with van der Waals surface area (Å²) in [5, 5.41) is 0. The molecule has 1 aliphatic rings. The van der Waals surface area contributed by atoms with Crippen LogP contribution in [0.1, 0.15) is 22.2 Å². The molecule has 0 bridgehead atoms. The van der Waals surface area contributed by atoms with Gasteiger partial charge in [-0.25, -0.2) is 4.98 Å². The van der Waals surface area contributed by atoms with Gasteiger partial charge in [-0.15, -0.1) is 11.3 Å². The molecule has 1 aromatic carbocycles. The third-order valence-electron chi connectivity index (χ3n) is 3.79. The van der Waals surface area contributed by atoms with Crippen molar-refractivity contribution in [2.75, 3.05) is 19.7 Å². The molecule has 1 saturated heterocycles. The van der Waals surface area contributed by atoms with E-state index in [9.17, 15) is 4.79 Å². The van der Waals surface area contributed by atoms with E-state index in [1.807, 2.05) is 35.2 Å². The summed E-state index contributed by atoms with van der Waals surface area (Å²) in [5.41, 5.74) is 3.41. The molecule has 2 aromatic heterocycles. The van der Waals surface area contributed by atoms with E-state index in [-0.39, 0.29) is 12.0 Å². The lowest BCUT2D eigenvalue weighted by molar-refractivity contribution is -0.0321. The first kappa shape index (κ1) is 13.5. The van der Waals surface area contributed by atoms with Crippen molar-refractivity contribution in [2.24, 2.45) is 0 Å². The van der Waals surface area contributed by atoms with E-state index in [1.54, 1.807) is 23.1 Å². The maximum absolute atomic E-state index is 12.7. The van der Waals surface area contributed by atoms with Crippen LogP contribution >= 0.6 is 11.3 Å². The molecule has 22 heavy (non-hydrogen) atoms. The van der Waals surface area contributed by atoms with E-state index in [4.69, 9.17) is 9.15 Å². The lowest BCUT2D eigenvalue weighted by atomic mass is 10.1. The van der Waals surface area contributed by atoms with Crippen molar-refractivity contribution in [3.8, 4) is 0 Å². The molecular formula is C16H14N2O3S. The van der Waals surface area contributed by atoms with E-state index in [0.717, 1.165) is 16.0 Å². The second-order valence-electron chi connectivity index (χ2n) is 5.16. The number of rotatable bonds is 2. The molecule has 5 nitrogen and oxygen atoms in total. The van der Waals surface area contributed by atoms with Crippen LogP contribution in [0, 0.1) is 0 Å². The second kappa shape index (κ2) is 5.55. The minimum atomic E-state index is -0.195. The van der Waals surface area contributed by atoms with Crippen LogP contribution in [0.15, 0.2) is 46.5 Å². The monoisotopic (exact) mass is 314 g/mol. The highest BCUT2D eigenvalue weighted by Gasteiger charge is 2.27. The minimum Gasteiger partial charge on any atom is -0.467 e. The fourth-order valence-electron chi connectivity index (χ4n) is 2.65. The molecule has 1 aliphatic heterocycles. The van der Waals surface area contributed by atoms with Gasteiger partial charge in [-0.1, -0.05) is 0 Å². The van der Waals surface area contributed by atoms with E-state index in [0.29, 0.717) is 25.3 Å². The topological polar surface area (TPSA) is 55.6 Å². The summed E-state index contributed by atoms with van der Waals surface area (Å²) in [6, 6.07) is 9.34. The molecule has 1 atom stereocenters. The van der Waals surface area contributed by atoms with Crippen molar-refractivity contribution in [1.29, 1.82) is 0 Å². The van der Waals surface area contributed by atoms with Gasteiger partial charge in [0.25, 0.3) is 5.91 Å². The summed E-state index contributed by atoms with van der Waals surface area (Å²) in [6.07, 6.45) is 1.43. The summed E-state index contributed by atoms with van der Waals surface area (Å²) in [7, 11) is 0. The van der Waals surface area contributed by atoms with E-state index < -0.39 is 0 Å². The number of morpholine rings is 1. The molecule has 1 fully saturated rings. The highest BCUT2D eigenvalue weighted by molar-refractivity contribution is 7.16. The number of benzene rings is 1. The van der Waals surface area contributed by atoms with Crippen LogP contribution in [0.25, 0.3) is 10.2 Å². The van der Waals surface area contributed by atoms with Gasteiger partial charge in [-0.05, 0) is 30.3 Å². The Balaban J connectivity index is 1.56. The zero-order valence-electron chi connectivity index (χ0n) is 11.8. The van der Waals surface area contributed by atoms with Crippen LogP contribution in [0.3, 0.4) is 0 Å². The van der Waals surface area contributed by atoms with Crippen LogP contribution < -0.4 is 0 Å². The van der Waals surface area contributed by atoms with Gasteiger partial charge in [0.2, 0.25) is 0 Å². The largest absolute Gasteiger partial charge is 0.467 e.